The van der Waals surface area contributed by atoms with Crippen LogP contribution in [0.3, 0.4) is 0 Å². The van der Waals surface area contributed by atoms with Crippen molar-refractivity contribution in [3.63, 3.8) is 0 Å². The molecule has 3 aliphatic rings. The molecule has 14 heteroatoms. The number of hydrogen-bond acceptors (Lipinski definition) is 7. The van der Waals surface area contributed by atoms with Crippen LogP contribution in [0.4, 0.5) is 4.79 Å². The summed E-state index contributed by atoms with van der Waals surface area (Å²) in [5.74, 6) is -2.28. The van der Waals surface area contributed by atoms with Gasteiger partial charge in [-0.15, -0.1) is 0 Å². The van der Waals surface area contributed by atoms with E-state index in [2.05, 4.69) is 26.6 Å². The summed E-state index contributed by atoms with van der Waals surface area (Å²) in [5, 5.41) is 24.6. The Balaban J connectivity index is 1.56. The average Bonchev–Trinajstić information content (AvgIpc) is 3.74. The minimum absolute atomic E-state index is 0.0608. The van der Waals surface area contributed by atoms with Crippen molar-refractivity contribution in [2.24, 2.45) is 17.8 Å². The molecule has 14 nitrogen and oxygen atoms in total. The molecule has 0 aromatic heterocycles. The number of carbonyl (C=O) groups is 6. The number of nitrogens with one attached hydrogen (secondary N) is 5. The molecule has 2 saturated carbocycles. The van der Waals surface area contributed by atoms with Gasteiger partial charge < -0.3 is 41.5 Å². The summed E-state index contributed by atoms with van der Waals surface area (Å²) in [6.07, 6.45) is 11.1. The van der Waals surface area contributed by atoms with Gasteiger partial charge in [-0.25, -0.2) is 4.79 Å². The Kier molecular flexibility index (Phi) is 17.3. The van der Waals surface area contributed by atoms with Crippen molar-refractivity contribution >= 4 is 35.6 Å². The van der Waals surface area contributed by atoms with Gasteiger partial charge in [-0.05, 0) is 94.2 Å². The van der Waals surface area contributed by atoms with E-state index in [1.165, 1.54) is 17.0 Å². The zero-order valence-corrected chi connectivity index (χ0v) is 34.2. The Hall–Kier alpha value is -4.36. The first-order valence-electron chi connectivity index (χ1n) is 21.1. The standard InChI is InChI=1S/C42H67N7O7/c1-6-43-38(52)34(25-27(2)3)48(5)41(55)28(4)44-39(53)35(30-15-9-7-10-16-30)46-37(51)33(26-29-19-21-32(50)22-20-29)45-40(54)36(31-17-11-8-12-18-31)47-42(56)49-23-13-14-24-49/h19-22,27-28,30-31,33-36,50H,6-18,23-26H2,1-5H3,(H,43,52)(H,44,53)(H,45,54)(H,46,51)(H,47,56)/t28-,33-,34-,35-,36-/m1/s1. The van der Waals surface area contributed by atoms with Crippen molar-refractivity contribution < 1.29 is 33.9 Å². The van der Waals surface area contributed by atoms with Gasteiger partial charge in [0.05, 0.1) is 0 Å². The highest BCUT2D eigenvalue weighted by atomic mass is 16.3. The highest BCUT2D eigenvalue weighted by Gasteiger charge is 2.38. The maximum atomic E-state index is 14.4. The van der Waals surface area contributed by atoms with Crippen LogP contribution in [0.15, 0.2) is 24.3 Å². The summed E-state index contributed by atoms with van der Waals surface area (Å²) in [6.45, 7) is 9.04. The van der Waals surface area contributed by atoms with E-state index in [1.807, 2.05) is 20.8 Å². The first-order valence-corrected chi connectivity index (χ1v) is 21.1. The summed E-state index contributed by atoms with van der Waals surface area (Å²) in [4.78, 5) is 85.9. The van der Waals surface area contributed by atoms with Gasteiger partial charge >= 0.3 is 6.03 Å². The summed E-state index contributed by atoms with van der Waals surface area (Å²) in [7, 11) is 1.57. The van der Waals surface area contributed by atoms with E-state index in [0.29, 0.717) is 44.5 Å². The van der Waals surface area contributed by atoms with Crippen LogP contribution in [0, 0.1) is 17.8 Å². The van der Waals surface area contributed by atoms with Crippen molar-refractivity contribution in [2.45, 2.75) is 148 Å². The average molecular weight is 782 g/mol. The van der Waals surface area contributed by atoms with Crippen LogP contribution in [-0.4, -0.2) is 107 Å². The fourth-order valence-corrected chi connectivity index (χ4v) is 8.47. The molecule has 0 unspecified atom stereocenters. The number of hydrogen-bond donors (Lipinski definition) is 6. The lowest BCUT2D eigenvalue weighted by Crippen LogP contribution is -2.61. The first kappa shape index (κ1) is 44.4. The fourth-order valence-electron chi connectivity index (χ4n) is 8.47. The minimum atomic E-state index is -1.11. The summed E-state index contributed by atoms with van der Waals surface area (Å²) in [5.41, 5.74) is 0.683. The second kappa shape index (κ2) is 21.8. The molecule has 1 saturated heterocycles. The van der Waals surface area contributed by atoms with E-state index < -0.39 is 53.8 Å². The molecule has 6 N–H and O–H groups in total. The molecule has 7 amide bonds. The van der Waals surface area contributed by atoms with Crippen LogP contribution in [0.2, 0.25) is 0 Å². The van der Waals surface area contributed by atoms with E-state index in [4.69, 9.17) is 0 Å². The van der Waals surface area contributed by atoms with Gasteiger partial charge in [0.25, 0.3) is 0 Å². The second-order valence-corrected chi connectivity index (χ2v) is 16.6. The van der Waals surface area contributed by atoms with Crippen LogP contribution >= 0.6 is 0 Å². The van der Waals surface area contributed by atoms with Gasteiger partial charge in [0.1, 0.15) is 36.0 Å². The summed E-state index contributed by atoms with van der Waals surface area (Å²) < 4.78 is 0. The largest absolute Gasteiger partial charge is 0.508 e. The molecule has 1 heterocycles. The molecule has 4 rings (SSSR count). The number of urea groups is 1. The second-order valence-electron chi connectivity index (χ2n) is 16.6. The zero-order valence-electron chi connectivity index (χ0n) is 34.2. The lowest BCUT2D eigenvalue weighted by molar-refractivity contribution is -0.142. The first-order chi connectivity index (χ1) is 26.8. The number of likely N-dealkylation sites (tertiary alicyclic amines) is 1. The van der Waals surface area contributed by atoms with Crippen molar-refractivity contribution in [3.8, 4) is 5.75 Å². The van der Waals surface area contributed by atoms with Crippen molar-refractivity contribution in [2.75, 3.05) is 26.7 Å². The maximum Gasteiger partial charge on any atom is 0.318 e. The Bertz CT molecular complexity index is 1470. The molecule has 1 aromatic carbocycles. The molecular weight excluding hydrogens is 715 g/mol. The number of carbonyl (C=O) groups excluding carboxylic acids is 6. The van der Waals surface area contributed by atoms with Gasteiger partial charge in [-0.1, -0.05) is 64.5 Å². The highest BCUT2D eigenvalue weighted by Crippen LogP contribution is 2.29. The summed E-state index contributed by atoms with van der Waals surface area (Å²) >= 11 is 0. The molecule has 312 valence electrons. The number of phenols is 1. The van der Waals surface area contributed by atoms with Crippen LogP contribution in [-0.2, 0) is 30.4 Å². The number of likely N-dealkylation sites (N-methyl/N-ethyl adjacent to an activating group) is 2. The van der Waals surface area contributed by atoms with Crippen LogP contribution < -0.4 is 26.6 Å². The molecule has 0 radical (unpaired) electrons. The van der Waals surface area contributed by atoms with Crippen molar-refractivity contribution in [1.29, 1.82) is 0 Å². The van der Waals surface area contributed by atoms with E-state index in [0.717, 1.165) is 64.2 Å². The molecule has 0 spiro atoms. The molecule has 56 heavy (non-hydrogen) atoms. The predicted molar refractivity (Wildman–Crippen MR) is 214 cm³/mol. The SMILES string of the molecule is CCNC(=O)[C@@H](CC(C)C)N(C)C(=O)[C@@H](C)NC(=O)[C@H](NC(=O)[C@@H](Cc1ccc(O)cc1)NC(=O)[C@H](NC(=O)N1CCCC1)C1CCCCC1)C1CCCCC1. The number of amides is 7. The smallest absolute Gasteiger partial charge is 0.318 e. The highest BCUT2D eigenvalue weighted by molar-refractivity contribution is 5.96. The van der Waals surface area contributed by atoms with E-state index >= 15 is 0 Å². The Labute approximate surface area is 333 Å². The van der Waals surface area contributed by atoms with Gasteiger partial charge in [0, 0.05) is 33.1 Å². The topological polar surface area (TPSA) is 189 Å². The van der Waals surface area contributed by atoms with Gasteiger partial charge in [0.15, 0.2) is 0 Å². The molecular formula is C42H67N7O7. The van der Waals surface area contributed by atoms with E-state index in [-0.39, 0.29) is 41.9 Å². The molecule has 5 atom stereocenters. The quantitative estimate of drug-likeness (QED) is 0.139. The third-order valence-corrected chi connectivity index (χ3v) is 11.7. The number of rotatable bonds is 17. The molecule has 2 aliphatic carbocycles. The number of phenolic OH excluding ortho intramolecular Hbond substituents is 1. The molecule has 1 aromatic rings. The zero-order chi connectivity index (χ0) is 40.8. The van der Waals surface area contributed by atoms with Crippen LogP contribution in [0.25, 0.3) is 0 Å². The summed E-state index contributed by atoms with van der Waals surface area (Å²) in [6, 6.07) is 1.48. The third kappa shape index (κ3) is 12.8. The number of nitrogens with zero attached hydrogens (tertiary/aromatic N) is 2. The molecule has 0 bridgehead atoms. The van der Waals surface area contributed by atoms with E-state index in [9.17, 15) is 33.9 Å². The minimum Gasteiger partial charge on any atom is -0.508 e. The Morgan fingerprint density at radius 1 is 0.714 bits per heavy atom. The van der Waals surface area contributed by atoms with Gasteiger partial charge in [-0.2, -0.15) is 0 Å². The van der Waals surface area contributed by atoms with Crippen LogP contribution in [0.5, 0.6) is 5.75 Å². The Morgan fingerprint density at radius 2 is 1.25 bits per heavy atom. The normalized spacial score (nSPS) is 19.2. The van der Waals surface area contributed by atoms with E-state index in [1.54, 1.807) is 31.0 Å². The molecule has 1 aliphatic heterocycles. The molecule has 3 fully saturated rings. The predicted octanol–water partition coefficient (Wildman–Crippen LogP) is 3.75. The maximum absolute atomic E-state index is 14.4. The lowest BCUT2D eigenvalue weighted by atomic mass is 9.83. The van der Waals surface area contributed by atoms with Gasteiger partial charge in [-0.3, -0.25) is 24.0 Å². The number of benzene rings is 1. The third-order valence-electron chi connectivity index (χ3n) is 11.7. The lowest BCUT2D eigenvalue weighted by Gasteiger charge is -2.34. The van der Waals surface area contributed by atoms with Crippen molar-refractivity contribution in [1.82, 2.24) is 36.4 Å². The van der Waals surface area contributed by atoms with Crippen LogP contribution in [0.1, 0.15) is 117 Å². The van der Waals surface area contributed by atoms with Gasteiger partial charge in [0.2, 0.25) is 29.5 Å². The monoisotopic (exact) mass is 782 g/mol. The van der Waals surface area contributed by atoms with Crippen molar-refractivity contribution in [3.05, 3.63) is 29.8 Å². The fraction of sp³-hybridized carbons (Fsp3) is 0.714. The Morgan fingerprint density at radius 3 is 1.79 bits per heavy atom. The number of aromatic hydroxyl groups is 1.